The first kappa shape index (κ1) is 17.3. The number of fused-ring (bicyclic) bond motifs is 2. The Morgan fingerprint density at radius 1 is 1.04 bits per heavy atom. The van der Waals surface area contributed by atoms with Crippen LogP contribution in [0.4, 0.5) is 0 Å². The van der Waals surface area contributed by atoms with E-state index < -0.39 is 0 Å². The van der Waals surface area contributed by atoms with E-state index in [1.165, 1.54) is 16.0 Å². The minimum atomic E-state index is -0.0240. The number of rotatable bonds is 3. The summed E-state index contributed by atoms with van der Waals surface area (Å²) in [5, 5.41) is 8.48. The minimum absolute atomic E-state index is 0.0240. The van der Waals surface area contributed by atoms with Crippen molar-refractivity contribution in [2.45, 2.75) is 26.1 Å². The van der Waals surface area contributed by atoms with Crippen molar-refractivity contribution in [3.8, 4) is 0 Å². The smallest absolute Gasteiger partial charge is 0.273 e. The average molecular weight is 388 g/mol. The van der Waals surface area contributed by atoms with E-state index in [9.17, 15) is 4.79 Å². The fourth-order valence-electron chi connectivity index (χ4n) is 4.22. The number of nitrogens with zero attached hydrogens (tertiary/aromatic N) is 3. The van der Waals surface area contributed by atoms with Crippen molar-refractivity contribution in [2.75, 3.05) is 6.54 Å². The molecule has 5 rings (SSSR count). The van der Waals surface area contributed by atoms with Gasteiger partial charge in [0.25, 0.3) is 5.56 Å². The molecule has 0 saturated carbocycles. The predicted octanol–water partition coefficient (Wildman–Crippen LogP) is 4.37. The largest absolute Gasteiger partial charge is 0.275 e. The van der Waals surface area contributed by atoms with Gasteiger partial charge in [0.05, 0.1) is 23.8 Å². The lowest BCUT2D eigenvalue weighted by Gasteiger charge is -2.36. The molecule has 2 aromatic carbocycles. The van der Waals surface area contributed by atoms with Crippen molar-refractivity contribution in [1.29, 1.82) is 0 Å². The zero-order valence-electron chi connectivity index (χ0n) is 15.7. The molecule has 2 aromatic heterocycles. The standard InChI is InChI=1S/C23H21N3OS/c1-16-18-9-5-6-10-19(18)23(27)26(24-16)15-25-13-11-21-20(12-14-28-21)22(25)17-7-3-2-4-8-17/h2-10,12,14,22H,11,13,15H2,1H3/t22-/m1/s1. The summed E-state index contributed by atoms with van der Waals surface area (Å²) in [7, 11) is 0. The maximum Gasteiger partial charge on any atom is 0.275 e. The van der Waals surface area contributed by atoms with Crippen LogP contribution in [0.1, 0.15) is 27.7 Å². The van der Waals surface area contributed by atoms with Gasteiger partial charge in [0.1, 0.15) is 0 Å². The van der Waals surface area contributed by atoms with Crippen molar-refractivity contribution in [1.82, 2.24) is 14.7 Å². The van der Waals surface area contributed by atoms with E-state index in [2.05, 4.69) is 45.7 Å². The summed E-state index contributed by atoms with van der Waals surface area (Å²) in [5.41, 5.74) is 3.48. The summed E-state index contributed by atoms with van der Waals surface area (Å²) in [6, 6.07) is 20.7. The SMILES string of the molecule is Cc1nn(CN2CCc3sccc3[C@H]2c2ccccc2)c(=O)c2ccccc12. The molecule has 0 saturated heterocycles. The zero-order valence-corrected chi connectivity index (χ0v) is 16.5. The fourth-order valence-corrected chi connectivity index (χ4v) is 5.12. The molecule has 0 spiro atoms. The molecular weight excluding hydrogens is 366 g/mol. The van der Waals surface area contributed by atoms with Gasteiger partial charge in [-0.05, 0) is 42.0 Å². The van der Waals surface area contributed by atoms with Gasteiger partial charge in [0, 0.05) is 16.8 Å². The van der Waals surface area contributed by atoms with Gasteiger partial charge in [-0.2, -0.15) is 5.10 Å². The quantitative estimate of drug-likeness (QED) is 0.524. The molecule has 1 aliphatic rings. The first-order valence-electron chi connectivity index (χ1n) is 9.54. The number of thiophene rings is 1. The molecule has 3 heterocycles. The van der Waals surface area contributed by atoms with Gasteiger partial charge in [-0.3, -0.25) is 9.69 Å². The van der Waals surface area contributed by atoms with E-state index in [1.54, 1.807) is 4.68 Å². The van der Waals surface area contributed by atoms with Gasteiger partial charge in [0.2, 0.25) is 0 Å². The summed E-state index contributed by atoms with van der Waals surface area (Å²) < 4.78 is 1.63. The Hall–Kier alpha value is -2.76. The average Bonchev–Trinajstić information content (AvgIpc) is 3.21. The van der Waals surface area contributed by atoms with Crippen molar-refractivity contribution < 1.29 is 0 Å². The van der Waals surface area contributed by atoms with Crippen LogP contribution in [0.3, 0.4) is 0 Å². The van der Waals surface area contributed by atoms with E-state index in [-0.39, 0.29) is 11.6 Å². The molecule has 1 aliphatic heterocycles. The van der Waals surface area contributed by atoms with Crippen LogP contribution in [0.25, 0.3) is 10.8 Å². The molecule has 4 nitrogen and oxygen atoms in total. The fraction of sp³-hybridized carbons (Fsp3) is 0.217. The van der Waals surface area contributed by atoms with Crippen LogP contribution >= 0.6 is 11.3 Å². The Morgan fingerprint density at radius 3 is 2.61 bits per heavy atom. The molecular formula is C23H21N3OS. The van der Waals surface area contributed by atoms with Crippen LogP contribution in [0, 0.1) is 6.92 Å². The lowest BCUT2D eigenvalue weighted by atomic mass is 9.94. The third-order valence-corrected chi connectivity index (χ3v) is 6.55. The van der Waals surface area contributed by atoms with E-state index in [4.69, 9.17) is 0 Å². The van der Waals surface area contributed by atoms with Gasteiger partial charge < -0.3 is 0 Å². The molecule has 0 fully saturated rings. The molecule has 4 aromatic rings. The summed E-state index contributed by atoms with van der Waals surface area (Å²) in [5.74, 6) is 0. The Balaban J connectivity index is 1.59. The summed E-state index contributed by atoms with van der Waals surface area (Å²) in [4.78, 5) is 16.9. The highest BCUT2D eigenvalue weighted by Crippen LogP contribution is 2.37. The van der Waals surface area contributed by atoms with Gasteiger partial charge in [0.15, 0.2) is 0 Å². The lowest BCUT2D eigenvalue weighted by Crippen LogP contribution is -2.40. The van der Waals surface area contributed by atoms with E-state index in [0.717, 1.165) is 29.4 Å². The molecule has 0 aliphatic carbocycles. The third-order valence-electron chi connectivity index (χ3n) is 5.55. The van der Waals surface area contributed by atoms with E-state index in [1.807, 2.05) is 48.6 Å². The van der Waals surface area contributed by atoms with Crippen LogP contribution in [0.2, 0.25) is 0 Å². The molecule has 1 atom stereocenters. The number of benzene rings is 2. The number of hydrogen-bond acceptors (Lipinski definition) is 4. The maximum atomic E-state index is 13.1. The van der Waals surface area contributed by atoms with Crippen LogP contribution in [-0.4, -0.2) is 21.2 Å². The molecule has 28 heavy (non-hydrogen) atoms. The summed E-state index contributed by atoms with van der Waals surface area (Å²) >= 11 is 1.83. The Labute approximate surface area is 167 Å². The van der Waals surface area contributed by atoms with Crippen LogP contribution in [0.15, 0.2) is 70.8 Å². The Kier molecular flexibility index (Phi) is 4.34. The normalized spacial score (nSPS) is 17.0. The van der Waals surface area contributed by atoms with Crippen molar-refractivity contribution >= 4 is 22.1 Å². The van der Waals surface area contributed by atoms with Crippen molar-refractivity contribution in [3.63, 3.8) is 0 Å². The highest BCUT2D eigenvalue weighted by molar-refractivity contribution is 7.10. The molecule has 140 valence electrons. The Morgan fingerprint density at radius 2 is 1.79 bits per heavy atom. The molecule has 0 bridgehead atoms. The van der Waals surface area contributed by atoms with Crippen LogP contribution in [0.5, 0.6) is 0 Å². The number of hydrogen-bond donors (Lipinski definition) is 0. The summed E-state index contributed by atoms with van der Waals surface area (Å²) in [6.45, 7) is 3.37. The van der Waals surface area contributed by atoms with Crippen LogP contribution in [-0.2, 0) is 13.1 Å². The minimum Gasteiger partial charge on any atom is -0.273 e. The monoisotopic (exact) mass is 387 g/mol. The first-order valence-corrected chi connectivity index (χ1v) is 10.4. The van der Waals surface area contributed by atoms with Gasteiger partial charge in [-0.25, -0.2) is 4.68 Å². The van der Waals surface area contributed by atoms with Crippen molar-refractivity contribution in [3.05, 3.63) is 98.1 Å². The predicted molar refractivity (Wildman–Crippen MR) is 114 cm³/mol. The van der Waals surface area contributed by atoms with Crippen molar-refractivity contribution in [2.24, 2.45) is 0 Å². The van der Waals surface area contributed by atoms with Crippen LogP contribution < -0.4 is 5.56 Å². The van der Waals surface area contributed by atoms with Gasteiger partial charge in [-0.15, -0.1) is 11.3 Å². The second kappa shape index (κ2) is 7.00. The second-order valence-corrected chi connectivity index (χ2v) is 8.25. The maximum absolute atomic E-state index is 13.1. The lowest BCUT2D eigenvalue weighted by molar-refractivity contribution is 0.154. The molecule has 5 heteroatoms. The first-order chi connectivity index (χ1) is 13.7. The number of aryl methyl sites for hydroxylation is 1. The molecule has 0 radical (unpaired) electrons. The topological polar surface area (TPSA) is 38.1 Å². The van der Waals surface area contributed by atoms with E-state index in [0.29, 0.717) is 6.67 Å². The Bertz CT molecular complexity index is 1200. The molecule has 0 N–H and O–H groups in total. The summed E-state index contributed by atoms with van der Waals surface area (Å²) in [6.07, 6.45) is 1.01. The zero-order chi connectivity index (χ0) is 19.1. The van der Waals surface area contributed by atoms with E-state index >= 15 is 0 Å². The molecule has 0 unspecified atom stereocenters. The third kappa shape index (κ3) is 2.87. The highest BCUT2D eigenvalue weighted by atomic mass is 32.1. The van der Waals surface area contributed by atoms with Gasteiger partial charge >= 0.3 is 0 Å². The van der Waals surface area contributed by atoms with Gasteiger partial charge in [-0.1, -0.05) is 48.5 Å². The number of aromatic nitrogens is 2. The molecule has 0 amide bonds. The second-order valence-electron chi connectivity index (χ2n) is 7.25. The highest BCUT2D eigenvalue weighted by Gasteiger charge is 2.30.